The molecule has 3 atom stereocenters. The average Bonchev–Trinajstić information content (AvgIpc) is 4.00. The van der Waals surface area contributed by atoms with Gasteiger partial charge in [-0.05, 0) is 113 Å². The number of carbonyl (C=O) groups is 3. The van der Waals surface area contributed by atoms with Crippen molar-refractivity contribution in [1.82, 2.24) is 34.5 Å². The summed E-state index contributed by atoms with van der Waals surface area (Å²) in [6, 6.07) is 13.0. The second-order valence-electron chi connectivity index (χ2n) is 18.3. The molecule has 0 spiro atoms. The van der Waals surface area contributed by atoms with Gasteiger partial charge >= 0.3 is 0 Å². The van der Waals surface area contributed by atoms with Gasteiger partial charge in [0.15, 0.2) is 0 Å². The molecule has 1 saturated carbocycles. The number of aryl methyl sites for hydroxylation is 1. The van der Waals surface area contributed by atoms with Crippen LogP contribution < -0.4 is 25.6 Å². The number of nitrogens with zero attached hydrogens (tertiary/aromatic N) is 7. The number of fused-ring (bicyclic) bond motifs is 9. The zero-order chi connectivity index (χ0) is 44.1. The number of aliphatic hydroxyl groups is 1. The van der Waals surface area contributed by atoms with Gasteiger partial charge < -0.3 is 29.5 Å². The first-order valence-corrected chi connectivity index (χ1v) is 22.7. The van der Waals surface area contributed by atoms with Crippen molar-refractivity contribution in [3.8, 4) is 17.1 Å². The molecule has 64 heavy (non-hydrogen) atoms. The third kappa shape index (κ3) is 8.42. The van der Waals surface area contributed by atoms with Crippen molar-refractivity contribution >= 4 is 46.1 Å². The van der Waals surface area contributed by atoms with Gasteiger partial charge in [-0.25, -0.2) is 18.4 Å². The molecule has 3 aromatic heterocycles. The predicted molar refractivity (Wildman–Crippen MR) is 236 cm³/mol. The van der Waals surface area contributed by atoms with Crippen molar-refractivity contribution in [1.29, 1.82) is 0 Å². The van der Waals surface area contributed by atoms with Gasteiger partial charge in [-0.3, -0.25) is 30.0 Å². The summed E-state index contributed by atoms with van der Waals surface area (Å²) in [5.74, 6) is -2.16. The molecule has 4 fully saturated rings. The molecule has 2 aromatic carbocycles. The highest BCUT2D eigenvalue weighted by Gasteiger charge is 2.34. The van der Waals surface area contributed by atoms with Crippen molar-refractivity contribution < 1.29 is 33.0 Å². The maximum Gasteiger partial charge on any atom is 0.258 e. The van der Waals surface area contributed by atoms with Crippen LogP contribution in [0.3, 0.4) is 0 Å². The number of halogens is 2. The third-order valence-electron chi connectivity index (χ3n) is 14.0. The molecule has 0 radical (unpaired) electrons. The Morgan fingerprint density at radius 2 is 1.67 bits per heavy atom. The molecule has 3 saturated heterocycles. The molecular formula is C47H54F2N10O5. The second-order valence-corrected chi connectivity index (χ2v) is 18.3. The van der Waals surface area contributed by atoms with E-state index in [1.807, 2.05) is 6.92 Å². The number of aromatic nitrogens is 5. The van der Waals surface area contributed by atoms with Crippen LogP contribution in [-0.4, -0.2) is 104 Å². The molecule has 4 bridgehead atoms. The number of carbonyl (C=O) groups excluding carboxylic acids is 3. The molecule has 7 heterocycles. The lowest BCUT2D eigenvalue weighted by Crippen LogP contribution is -2.49. The fourth-order valence-corrected chi connectivity index (χ4v) is 10.7. The van der Waals surface area contributed by atoms with Crippen LogP contribution >= 0.6 is 0 Å². The SMILES string of the molecule is Cc1cc2cc(n1)-c1cnn(CCO)c1OC[C@H]1CC[C@H](C1)Cn1c(nc3ccc(N4CCC(N5CCC(Nc6cc(F)c([C@H]7CCC(=O)NC7=O)c(F)c6)CC5)CC4)cc31)NC2=O. The number of nitrogens with one attached hydrogen (secondary N) is 3. The van der Waals surface area contributed by atoms with Crippen LogP contribution in [0.15, 0.2) is 48.7 Å². The number of pyridine rings is 1. The van der Waals surface area contributed by atoms with E-state index < -0.39 is 29.4 Å². The number of piperidine rings is 3. The molecule has 336 valence electrons. The number of imide groups is 1. The summed E-state index contributed by atoms with van der Waals surface area (Å²) in [4.78, 5) is 52.6. The first-order chi connectivity index (χ1) is 31.1. The second kappa shape index (κ2) is 17.6. The van der Waals surface area contributed by atoms with Gasteiger partial charge in [0.25, 0.3) is 5.91 Å². The number of hydrogen-bond donors (Lipinski definition) is 4. The molecule has 5 aromatic rings. The molecule has 0 unspecified atom stereocenters. The highest BCUT2D eigenvalue weighted by molar-refractivity contribution is 6.05. The van der Waals surface area contributed by atoms with Gasteiger partial charge in [-0.1, -0.05) is 0 Å². The lowest BCUT2D eigenvalue weighted by molar-refractivity contribution is -0.134. The van der Waals surface area contributed by atoms with Gasteiger partial charge in [0.2, 0.25) is 23.6 Å². The van der Waals surface area contributed by atoms with Gasteiger partial charge in [0.05, 0.1) is 54.2 Å². The van der Waals surface area contributed by atoms with E-state index >= 15 is 8.78 Å². The van der Waals surface area contributed by atoms with Crippen LogP contribution in [0.4, 0.5) is 26.1 Å². The van der Waals surface area contributed by atoms with Crippen LogP contribution in [0.5, 0.6) is 5.88 Å². The number of hydrogen-bond acceptors (Lipinski definition) is 11. The first-order valence-electron chi connectivity index (χ1n) is 22.7. The van der Waals surface area contributed by atoms with Gasteiger partial charge in [-0.2, -0.15) is 5.10 Å². The smallest absolute Gasteiger partial charge is 0.258 e. The standard InChI is InChI=1S/C47H54F2N10O5/c1-27-18-30-20-40(51-27)36-24-50-59(16-17-60)46(36)64-26-29-3-2-28(19-29)25-58-41-23-34(4-6-39(41)53-47(58)55-44(30)62)57-14-10-33(11-15-57)56-12-8-31(9-13-56)52-32-21-37(48)43(38(49)22-32)35-5-7-42(61)54-45(35)63/h4,6,18,20-24,28-29,31,33,35,52,60H,2-3,5,7-17,19,25-26H2,1H3,(H,53,55,62)(H,54,61,63)/t28-,29+,35-/m1/s1. The number of imidazole rings is 1. The molecule has 3 amide bonds. The molecule has 4 aliphatic heterocycles. The number of likely N-dealkylation sites (tertiary alicyclic amines) is 1. The van der Waals surface area contributed by atoms with Gasteiger partial charge in [0.1, 0.15) is 11.6 Å². The fraction of sp³-hybridized carbons (Fsp3) is 0.489. The van der Waals surface area contributed by atoms with E-state index in [0.717, 1.165) is 87.8 Å². The van der Waals surface area contributed by atoms with Crippen molar-refractivity contribution in [3.05, 3.63) is 77.1 Å². The van der Waals surface area contributed by atoms with Crippen LogP contribution in [0.2, 0.25) is 0 Å². The highest BCUT2D eigenvalue weighted by Crippen LogP contribution is 2.38. The number of benzene rings is 2. The Labute approximate surface area is 369 Å². The van der Waals surface area contributed by atoms with E-state index in [1.165, 1.54) is 12.1 Å². The summed E-state index contributed by atoms with van der Waals surface area (Å²) in [5, 5.41) is 22.9. The molecule has 15 nitrogen and oxygen atoms in total. The van der Waals surface area contributed by atoms with E-state index in [0.29, 0.717) is 77.6 Å². The Balaban J connectivity index is 0.805. The Kier molecular flexibility index (Phi) is 11.5. The first kappa shape index (κ1) is 42.0. The van der Waals surface area contributed by atoms with E-state index in [-0.39, 0.29) is 37.0 Å². The molecule has 5 aliphatic rings. The topological polar surface area (TPSA) is 172 Å². The Bertz CT molecular complexity index is 2570. The quantitative estimate of drug-likeness (QED) is 0.142. The predicted octanol–water partition coefficient (Wildman–Crippen LogP) is 6.00. The van der Waals surface area contributed by atoms with E-state index in [9.17, 15) is 19.5 Å². The monoisotopic (exact) mass is 876 g/mol. The fourth-order valence-electron chi connectivity index (χ4n) is 10.7. The van der Waals surface area contributed by atoms with Gasteiger partial charge in [-0.15, -0.1) is 0 Å². The summed E-state index contributed by atoms with van der Waals surface area (Å²) in [5.41, 5.74) is 5.41. The molecule has 17 heteroatoms. The average molecular weight is 877 g/mol. The number of aliphatic hydroxyl groups excluding tert-OH is 1. The summed E-state index contributed by atoms with van der Waals surface area (Å²) in [7, 11) is 0. The maximum atomic E-state index is 15.2. The third-order valence-corrected chi connectivity index (χ3v) is 14.0. The largest absolute Gasteiger partial charge is 0.477 e. The van der Waals surface area contributed by atoms with Crippen molar-refractivity contribution in [2.24, 2.45) is 11.8 Å². The minimum atomic E-state index is -1.02. The van der Waals surface area contributed by atoms with Crippen LogP contribution in [-0.2, 0) is 22.7 Å². The lowest BCUT2D eigenvalue weighted by atomic mass is 9.89. The zero-order valence-corrected chi connectivity index (χ0v) is 36.0. The Morgan fingerprint density at radius 3 is 2.44 bits per heavy atom. The number of ether oxygens (including phenoxy) is 1. The van der Waals surface area contributed by atoms with E-state index in [1.54, 1.807) is 23.0 Å². The highest BCUT2D eigenvalue weighted by atomic mass is 19.1. The van der Waals surface area contributed by atoms with Crippen LogP contribution in [0.1, 0.15) is 85.3 Å². The molecular weight excluding hydrogens is 823 g/mol. The van der Waals surface area contributed by atoms with Crippen molar-refractivity contribution in [2.75, 3.05) is 54.9 Å². The zero-order valence-electron chi connectivity index (χ0n) is 36.0. The molecule has 1 aliphatic carbocycles. The maximum absolute atomic E-state index is 15.2. The molecule has 4 N–H and O–H groups in total. The van der Waals surface area contributed by atoms with Crippen LogP contribution in [0, 0.1) is 30.4 Å². The molecule has 10 rings (SSSR count). The van der Waals surface area contributed by atoms with E-state index in [2.05, 4.69) is 53.6 Å². The normalized spacial score (nSPS) is 22.6. The Hall–Kier alpha value is -5.94. The minimum absolute atomic E-state index is 0.0516. The summed E-state index contributed by atoms with van der Waals surface area (Å²) < 4.78 is 40.7. The van der Waals surface area contributed by atoms with Crippen molar-refractivity contribution in [2.45, 2.75) is 95.8 Å². The van der Waals surface area contributed by atoms with Crippen LogP contribution in [0.25, 0.3) is 22.3 Å². The van der Waals surface area contributed by atoms with Gasteiger partial charge in [0, 0.05) is 79.4 Å². The Morgan fingerprint density at radius 1 is 0.891 bits per heavy atom. The minimum Gasteiger partial charge on any atom is -0.477 e. The number of rotatable bonds is 7. The van der Waals surface area contributed by atoms with Crippen molar-refractivity contribution in [3.63, 3.8) is 0 Å². The number of amides is 3. The lowest BCUT2D eigenvalue weighted by Gasteiger charge is -2.42. The summed E-state index contributed by atoms with van der Waals surface area (Å²) in [6.07, 6.45) is 8.55. The summed E-state index contributed by atoms with van der Waals surface area (Å²) >= 11 is 0. The number of anilines is 3. The summed E-state index contributed by atoms with van der Waals surface area (Å²) in [6.45, 7) is 6.86. The van der Waals surface area contributed by atoms with E-state index in [4.69, 9.17) is 14.7 Å².